The smallest absolute Gasteiger partial charge is 0.0759 e. The zero-order valence-corrected chi connectivity index (χ0v) is 13.6. The normalized spacial score (nSPS) is 13.9. The summed E-state index contributed by atoms with van der Waals surface area (Å²) in [6.45, 7) is 10.1. The van der Waals surface area contributed by atoms with Crippen LogP contribution in [0.25, 0.3) is 0 Å². The van der Waals surface area contributed by atoms with Gasteiger partial charge in [-0.05, 0) is 38.6 Å². The number of halogens is 2. The van der Waals surface area contributed by atoms with Gasteiger partial charge in [0, 0.05) is 12.0 Å². The Morgan fingerprint density at radius 3 is 2.32 bits per heavy atom. The monoisotopic (exact) mass is 303 g/mol. The number of benzene rings is 1. The van der Waals surface area contributed by atoms with Crippen LogP contribution >= 0.6 is 23.2 Å². The quantitative estimate of drug-likeness (QED) is 0.858. The molecule has 0 saturated carbocycles. The number of rotatable bonds is 6. The van der Waals surface area contributed by atoms with E-state index in [0.29, 0.717) is 16.5 Å². The van der Waals surface area contributed by atoms with Crippen molar-refractivity contribution in [3.63, 3.8) is 0 Å². The minimum atomic E-state index is -0.497. The number of aliphatic hydroxyl groups is 1. The highest BCUT2D eigenvalue weighted by molar-refractivity contribution is 6.42. The Hall–Kier alpha value is -0.280. The lowest BCUT2D eigenvalue weighted by Crippen LogP contribution is -2.53. The van der Waals surface area contributed by atoms with Crippen molar-refractivity contribution in [2.75, 3.05) is 13.1 Å². The summed E-state index contributed by atoms with van der Waals surface area (Å²) in [4.78, 5) is 2.25. The van der Waals surface area contributed by atoms with Crippen molar-refractivity contribution in [2.24, 2.45) is 0 Å². The molecule has 0 saturated heterocycles. The molecule has 0 bridgehead atoms. The fourth-order valence-electron chi connectivity index (χ4n) is 2.41. The maximum Gasteiger partial charge on any atom is 0.0759 e. The van der Waals surface area contributed by atoms with Crippen LogP contribution in [0.1, 0.15) is 33.3 Å². The Balaban J connectivity index is 2.89. The minimum absolute atomic E-state index is 0.296. The molecule has 2 nitrogen and oxygen atoms in total. The average molecular weight is 304 g/mol. The van der Waals surface area contributed by atoms with Crippen LogP contribution in [-0.2, 0) is 6.42 Å². The maximum absolute atomic E-state index is 10.5. The van der Waals surface area contributed by atoms with E-state index in [2.05, 4.69) is 32.6 Å². The Morgan fingerprint density at radius 1 is 1.21 bits per heavy atom. The predicted octanol–water partition coefficient (Wildman–Crippen LogP) is 4.02. The Labute approximate surface area is 126 Å². The first-order valence-corrected chi connectivity index (χ1v) is 7.46. The van der Waals surface area contributed by atoms with Gasteiger partial charge in [0.05, 0.1) is 16.1 Å². The van der Waals surface area contributed by atoms with Gasteiger partial charge in [-0.2, -0.15) is 0 Å². The van der Waals surface area contributed by atoms with Gasteiger partial charge in [0.25, 0.3) is 0 Å². The first-order valence-electron chi connectivity index (χ1n) is 6.70. The van der Waals surface area contributed by atoms with E-state index in [4.69, 9.17) is 23.2 Å². The highest BCUT2D eigenvalue weighted by atomic mass is 35.5. The van der Waals surface area contributed by atoms with Gasteiger partial charge in [-0.3, -0.25) is 4.90 Å². The molecular weight excluding hydrogens is 281 g/mol. The van der Waals surface area contributed by atoms with E-state index < -0.39 is 6.10 Å². The highest BCUT2D eigenvalue weighted by Gasteiger charge is 2.33. The van der Waals surface area contributed by atoms with Gasteiger partial charge in [-0.1, -0.05) is 49.2 Å². The zero-order chi connectivity index (χ0) is 14.6. The van der Waals surface area contributed by atoms with Gasteiger partial charge in [-0.15, -0.1) is 0 Å². The van der Waals surface area contributed by atoms with Gasteiger partial charge in [0.1, 0.15) is 0 Å². The van der Waals surface area contributed by atoms with Crippen LogP contribution in [0.2, 0.25) is 10.0 Å². The van der Waals surface area contributed by atoms with Crippen molar-refractivity contribution in [2.45, 2.75) is 45.8 Å². The number of hydrogen-bond acceptors (Lipinski definition) is 2. The van der Waals surface area contributed by atoms with Crippen LogP contribution in [0, 0.1) is 0 Å². The third-order valence-electron chi connectivity index (χ3n) is 3.84. The molecule has 1 aromatic rings. The molecule has 0 fully saturated rings. The van der Waals surface area contributed by atoms with Gasteiger partial charge < -0.3 is 5.11 Å². The van der Waals surface area contributed by atoms with E-state index in [0.717, 1.165) is 18.7 Å². The van der Waals surface area contributed by atoms with E-state index in [-0.39, 0.29) is 5.54 Å². The zero-order valence-electron chi connectivity index (χ0n) is 12.1. The number of likely N-dealkylation sites (N-methyl/N-ethyl adjacent to an activating group) is 1. The summed E-state index contributed by atoms with van der Waals surface area (Å²) in [6.07, 6.45) is 0.00599. The van der Waals surface area contributed by atoms with Gasteiger partial charge in [0.15, 0.2) is 0 Å². The van der Waals surface area contributed by atoms with Crippen molar-refractivity contribution in [1.29, 1.82) is 0 Å². The van der Waals surface area contributed by atoms with Crippen LogP contribution in [0.4, 0.5) is 0 Å². The third kappa shape index (κ3) is 3.85. The van der Waals surface area contributed by atoms with Crippen molar-refractivity contribution in [1.82, 2.24) is 4.90 Å². The molecule has 0 amide bonds. The Bertz CT molecular complexity index is 417. The molecule has 0 radical (unpaired) electrons. The highest BCUT2D eigenvalue weighted by Crippen LogP contribution is 2.29. The maximum atomic E-state index is 10.5. The van der Waals surface area contributed by atoms with Crippen LogP contribution in [0.5, 0.6) is 0 Å². The molecule has 1 rings (SSSR count). The lowest BCUT2D eigenvalue weighted by atomic mass is 9.90. The second-order valence-electron chi connectivity index (χ2n) is 5.26. The number of hydrogen-bond donors (Lipinski definition) is 1. The first kappa shape index (κ1) is 16.8. The van der Waals surface area contributed by atoms with Gasteiger partial charge >= 0.3 is 0 Å². The summed E-state index contributed by atoms with van der Waals surface area (Å²) in [5.41, 5.74) is 0.594. The topological polar surface area (TPSA) is 23.5 Å². The minimum Gasteiger partial charge on any atom is -0.391 e. The summed E-state index contributed by atoms with van der Waals surface area (Å²) in [7, 11) is 0. The van der Waals surface area contributed by atoms with Crippen LogP contribution < -0.4 is 0 Å². The summed E-state index contributed by atoms with van der Waals surface area (Å²) < 4.78 is 0. The standard InChI is InChI=1S/C15H23Cl2NO/c1-5-18(6-2)15(3,4)13(19)10-11-8-7-9-12(16)14(11)17/h7-9,13,19H,5-6,10H2,1-4H3. The molecule has 0 aromatic heterocycles. The molecular formula is C15H23Cl2NO. The van der Waals surface area contributed by atoms with Crippen molar-refractivity contribution >= 4 is 23.2 Å². The molecule has 0 aliphatic heterocycles. The van der Waals surface area contributed by atoms with Crippen LogP contribution in [0.15, 0.2) is 18.2 Å². The molecule has 19 heavy (non-hydrogen) atoms. The van der Waals surface area contributed by atoms with Gasteiger partial charge in [-0.25, -0.2) is 0 Å². The summed E-state index contributed by atoms with van der Waals surface area (Å²) >= 11 is 12.2. The van der Waals surface area contributed by atoms with E-state index in [9.17, 15) is 5.11 Å². The second-order valence-corrected chi connectivity index (χ2v) is 6.04. The van der Waals surface area contributed by atoms with E-state index >= 15 is 0 Å². The summed E-state index contributed by atoms with van der Waals surface area (Å²) in [5, 5.41) is 11.6. The molecule has 4 heteroatoms. The van der Waals surface area contributed by atoms with Crippen molar-refractivity contribution in [3.8, 4) is 0 Å². The molecule has 0 aliphatic carbocycles. The fraction of sp³-hybridized carbons (Fsp3) is 0.600. The summed E-state index contributed by atoms with van der Waals surface area (Å²) in [5.74, 6) is 0. The fourth-order valence-corrected chi connectivity index (χ4v) is 2.81. The lowest BCUT2D eigenvalue weighted by molar-refractivity contribution is -0.00413. The summed E-state index contributed by atoms with van der Waals surface area (Å²) in [6, 6.07) is 5.53. The van der Waals surface area contributed by atoms with E-state index in [1.807, 2.05) is 12.1 Å². The number of aliphatic hydroxyl groups excluding tert-OH is 1. The molecule has 1 atom stereocenters. The largest absolute Gasteiger partial charge is 0.391 e. The number of nitrogens with zero attached hydrogens (tertiary/aromatic N) is 1. The molecule has 1 aromatic carbocycles. The van der Waals surface area contributed by atoms with Crippen molar-refractivity contribution < 1.29 is 5.11 Å². The molecule has 1 unspecified atom stereocenters. The lowest BCUT2D eigenvalue weighted by Gasteiger charge is -2.41. The predicted molar refractivity (Wildman–Crippen MR) is 83.2 cm³/mol. The third-order valence-corrected chi connectivity index (χ3v) is 4.70. The SMILES string of the molecule is CCN(CC)C(C)(C)C(O)Cc1cccc(Cl)c1Cl. The molecule has 0 spiro atoms. The molecule has 0 aliphatic rings. The van der Waals surface area contributed by atoms with Gasteiger partial charge in [0.2, 0.25) is 0 Å². The van der Waals surface area contributed by atoms with Crippen LogP contribution in [-0.4, -0.2) is 34.7 Å². The molecule has 108 valence electrons. The molecule has 1 N–H and O–H groups in total. The second kappa shape index (κ2) is 6.94. The average Bonchev–Trinajstić information content (AvgIpc) is 2.36. The van der Waals surface area contributed by atoms with E-state index in [1.165, 1.54) is 0 Å². The van der Waals surface area contributed by atoms with Crippen LogP contribution in [0.3, 0.4) is 0 Å². The Kier molecular flexibility index (Phi) is 6.13. The van der Waals surface area contributed by atoms with Crippen molar-refractivity contribution in [3.05, 3.63) is 33.8 Å². The molecule has 0 heterocycles. The van der Waals surface area contributed by atoms with E-state index in [1.54, 1.807) is 6.07 Å². The first-order chi connectivity index (χ1) is 8.84. The Morgan fingerprint density at radius 2 is 1.79 bits per heavy atom.